The largest absolute Gasteiger partial charge is 0.494 e. The smallest absolute Gasteiger partial charge is 0.201 e. The van der Waals surface area contributed by atoms with E-state index in [1.54, 1.807) is 6.07 Å². The maximum Gasteiger partial charge on any atom is 0.201 e. The lowest BCUT2D eigenvalue weighted by Gasteiger charge is -2.03. The lowest BCUT2D eigenvalue weighted by Crippen LogP contribution is -1.95. The molecule has 0 fully saturated rings. The zero-order chi connectivity index (χ0) is 17.3. The van der Waals surface area contributed by atoms with Gasteiger partial charge in [-0.05, 0) is 35.7 Å². The van der Waals surface area contributed by atoms with Gasteiger partial charge in [-0.25, -0.2) is 13.2 Å². The molecule has 0 spiro atoms. The predicted octanol–water partition coefficient (Wildman–Crippen LogP) is 4.80. The standard InChI is InChI=1S/C19H10F4O/c1-24-16-9-6-12(17(21)19(16)23)4-2-11-3-7-14-13(10-11)5-8-15(20)18(14)22/h3,5-10H,1H3. The lowest BCUT2D eigenvalue weighted by molar-refractivity contribution is 0.371. The summed E-state index contributed by atoms with van der Waals surface area (Å²) in [5, 5.41) is 0.587. The van der Waals surface area contributed by atoms with Gasteiger partial charge in [0.15, 0.2) is 23.2 Å². The van der Waals surface area contributed by atoms with Gasteiger partial charge in [-0.15, -0.1) is 0 Å². The predicted molar refractivity (Wildman–Crippen MR) is 82.8 cm³/mol. The SMILES string of the molecule is COc1ccc(C#Cc2ccc3c(F)c(F)ccc3c2)c(F)c1F. The number of fused-ring (bicyclic) bond motifs is 1. The fraction of sp³-hybridized carbons (Fsp3) is 0.0526. The van der Waals surface area contributed by atoms with Crippen LogP contribution in [-0.2, 0) is 0 Å². The first kappa shape index (κ1) is 15.9. The van der Waals surface area contributed by atoms with Crippen molar-refractivity contribution in [2.45, 2.75) is 0 Å². The minimum absolute atomic E-state index is 0.126. The summed E-state index contributed by atoms with van der Waals surface area (Å²) in [6.45, 7) is 0. The normalized spacial score (nSPS) is 10.4. The Morgan fingerprint density at radius 2 is 1.58 bits per heavy atom. The highest BCUT2D eigenvalue weighted by Gasteiger charge is 2.12. The van der Waals surface area contributed by atoms with E-state index in [0.29, 0.717) is 10.9 Å². The molecule has 0 saturated carbocycles. The monoisotopic (exact) mass is 330 g/mol. The van der Waals surface area contributed by atoms with Crippen LogP contribution >= 0.6 is 0 Å². The van der Waals surface area contributed by atoms with Gasteiger partial charge >= 0.3 is 0 Å². The van der Waals surface area contributed by atoms with E-state index < -0.39 is 23.3 Å². The first-order chi connectivity index (χ1) is 11.5. The summed E-state index contributed by atoms with van der Waals surface area (Å²) in [6.07, 6.45) is 0. The van der Waals surface area contributed by atoms with E-state index in [0.717, 1.165) is 6.07 Å². The Kier molecular flexibility index (Phi) is 4.13. The van der Waals surface area contributed by atoms with Crippen molar-refractivity contribution < 1.29 is 22.3 Å². The highest BCUT2D eigenvalue weighted by Crippen LogP contribution is 2.23. The van der Waals surface area contributed by atoms with E-state index in [2.05, 4.69) is 16.6 Å². The van der Waals surface area contributed by atoms with Gasteiger partial charge in [-0.1, -0.05) is 24.0 Å². The molecular weight excluding hydrogens is 320 g/mol. The molecule has 0 aliphatic heterocycles. The molecule has 0 amide bonds. The van der Waals surface area contributed by atoms with Crippen molar-refractivity contribution in [3.63, 3.8) is 0 Å². The van der Waals surface area contributed by atoms with E-state index in [9.17, 15) is 17.6 Å². The maximum atomic E-state index is 13.9. The molecule has 3 aromatic carbocycles. The van der Waals surface area contributed by atoms with Crippen LogP contribution in [0.1, 0.15) is 11.1 Å². The summed E-state index contributed by atoms with van der Waals surface area (Å²) in [5.74, 6) is 0.915. The molecule has 0 aromatic heterocycles. The van der Waals surface area contributed by atoms with Gasteiger partial charge in [0, 0.05) is 10.9 Å². The second-order valence-electron chi connectivity index (χ2n) is 4.99. The highest BCUT2D eigenvalue weighted by molar-refractivity contribution is 5.84. The van der Waals surface area contributed by atoms with Crippen LogP contribution in [-0.4, -0.2) is 7.11 Å². The number of benzene rings is 3. The molecular formula is C19H10F4O. The van der Waals surface area contributed by atoms with E-state index in [4.69, 9.17) is 0 Å². The van der Waals surface area contributed by atoms with Gasteiger partial charge in [-0.3, -0.25) is 0 Å². The topological polar surface area (TPSA) is 9.23 Å². The summed E-state index contributed by atoms with van der Waals surface area (Å²) in [6, 6.07) is 9.45. The summed E-state index contributed by atoms with van der Waals surface area (Å²) in [7, 11) is 1.24. The van der Waals surface area contributed by atoms with Crippen LogP contribution < -0.4 is 4.74 Å². The van der Waals surface area contributed by atoms with Crippen molar-refractivity contribution >= 4 is 10.8 Å². The lowest BCUT2D eigenvalue weighted by atomic mass is 10.1. The van der Waals surface area contributed by atoms with Crippen LogP contribution in [0.15, 0.2) is 42.5 Å². The molecule has 0 atom stereocenters. The first-order valence-electron chi connectivity index (χ1n) is 6.93. The average molecular weight is 330 g/mol. The number of ether oxygens (including phenoxy) is 1. The third kappa shape index (κ3) is 2.79. The minimum atomic E-state index is -1.11. The van der Waals surface area contributed by atoms with Crippen LogP contribution in [0.4, 0.5) is 17.6 Å². The van der Waals surface area contributed by atoms with Gasteiger partial charge in [-0.2, -0.15) is 4.39 Å². The Morgan fingerprint density at radius 1 is 0.792 bits per heavy atom. The zero-order valence-corrected chi connectivity index (χ0v) is 12.5. The number of methoxy groups -OCH3 is 1. The van der Waals surface area contributed by atoms with Crippen LogP contribution in [0.3, 0.4) is 0 Å². The van der Waals surface area contributed by atoms with Crippen LogP contribution in [0.5, 0.6) is 5.75 Å². The molecule has 0 aliphatic carbocycles. The van der Waals surface area contributed by atoms with Crippen molar-refractivity contribution in [2.75, 3.05) is 7.11 Å². The Labute approximate surface area is 135 Å². The maximum absolute atomic E-state index is 13.9. The molecule has 0 unspecified atom stereocenters. The van der Waals surface area contributed by atoms with Crippen molar-refractivity contribution in [3.05, 3.63) is 76.9 Å². The third-order valence-corrected chi connectivity index (χ3v) is 3.52. The summed E-state index contributed by atoms with van der Waals surface area (Å²) in [4.78, 5) is 0. The van der Waals surface area contributed by atoms with Gasteiger partial charge in [0.1, 0.15) is 0 Å². The Hall–Kier alpha value is -3.00. The van der Waals surface area contributed by atoms with Crippen molar-refractivity contribution in [3.8, 4) is 17.6 Å². The molecule has 3 aromatic rings. The number of hydrogen-bond acceptors (Lipinski definition) is 1. The van der Waals surface area contributed by atoms with E-state index in [1.165, 1.54) is 37.4 Å². The van der Waals surface area contributed by atoms with Crippen molar-refractivity contribution in [1.82, 2.24) is 0 Å². The first-order valence-corrected chi connectivity index (χ1v) is 6.93. The molecule has 1 nitrogen and oxygen atoms in total. The molecule has 0 saturated heterocycles. The second kappa shape index (κ2) is 6.25. The number of hydrogen-bond donors (Lipinski definition) is 0. The van der Waals surface area contributed by atoms with E-state index >= 15 is 0 Å². The van der Waals surface area contributed by atoms with Crippen molar-refractivity contribution in [1.29, 1.82) is 0 Å². The van der Waals surface area contributed by atoms with Gasteiger partial charge < -0.3 is 4.74 Å². The second-order valence-corrected chi connectivity index (χ2v) is 4.99. The summed E-state index contributed by atoms with van der Waals surface area (Å²) < 4.78 is 59.0. The Morgan fingerprint density at radius 3 is 2.33 bits per heavy atom. The molecule has 0 aliphatic rings. The molecule has 0 N–H and O–H groups in total. The zero-order valence-electron chi connectivity index (χ0n) is 12.5. The highest BCUT2D eigenvalue weighted by atomic mass is 19.2. The van der Waals surface area contributed by atoms with Crippen LogP contribution in [0.2, 0.25) is 0 Å². The van der Waals surface area contributed by atoms with Gasteiger partial charge in [0.2, 0.25) is 5.82 Å². The molecule has 24 heavy (non-hydrogen) atoms. The average Bonchev–Trinajstić information content (AvgIpc) is 2.59. The summed E-state index contributed by atoms with van der Waals surface area (Å²) in [5.41, 5.74) is 0.336. The molecule has 0 bridgehead atoms. The minimum Gasteiger partial charge on any atom is -0.494 e. The molecule has 0 heterocycles. The fourth-order valence-electron chi connectivity index (χ4n) is 2.27. The Balaban J connectivity index is 2.01. The fourth-order valence-corrected chi connectivity index (χ4v) is 2.27. The van der Waals surface area contributed by atoms with Crippen molar-refractivity contribution in [2.24, 2.45) is 0 Å². The van der Waals surface area contributed by atoms with Gasteiger partial charge in [0.05, 0.1) is 12.7 Å². The quantitative estimate of drug-likeness (QED) is 0.460. The van der Waals surface area contributed by atoms with E-state index in [-0.39, 0.29) is 16.7 Å². The number of halogens is 4. The Bertz CT molecular complexity index is 1000. The van der Waals surface area contributed by atoms with E-state index in [1.807, 2.05) is 0 Å². The van der Waals surface area contributed by atoms with Crippen LogP contribution in [0.25, 0.3) is 10.8 Å². The summed E-state index contributed by atoms with van der Waals surface area (Å²) >= 11 is 0. The third-order valence-electron chi connectivity index (χ3n) is 3.52. The molecule has 0 radical (unpaired) electrons. The molecule has 5 heteroatoms. The number of rotatable bonds is 1. The van der Waals surface area contributed by atoms with Gasteiger partial charge in [0.25, 0.3) is 0 Å². The van der Waals surface area contributed by atoms with Crippen LogP contribution in [0, 0.1) is 35.1 Å². The molecule has 3 rings (SSSR count). The molecule has 120 valence electrons.